The van der Waals surface area contributed by atoms with E-state index >= 15 is 0 Å². The van der Waals surface area contributed by atoms with Crippen molar-refractivity contribution in [3.63, 3.8) is 0 Å². The molecule has 0 radical (unpaired) electrons. The molecule has 2 aromatic heterocycles. The summed E-state index contributed by atoms with van der Waals surface area (Å²) >= 11 is 0. The molecule has 0 saturated carbocycles. The number of oxazole rings is 1. The van der Waals surface area contributed by atoms with Crippen LogP contribution in [0.4, 0.5) is 0 Å². The van der Waals surface area contributed by atoms with Gasteiger partial charge in [-0.25, -0.2) is 14.6 Å². The summed E-state index contributed by atoms with van der Waals surface area (Å²) in [6.07, 6.45) is 0. The maximum Gasteiger partial charge on any atom is 0.245 e. The molecule has 5 rings (SSSR count). The van der Waals surface area contributed by atoms with Crippen molar-refractivity contribution in [2.24, 2.45) is 0 Å². The molecule has 4 aromatic rings. The molecule has 2 aromatic carbocycles. The van der Waals surface area contributed by atoms with Gasteiger partial charge in [0.25, 0.3) is 0 Å². The molecule has 7 nitrogen and oxygen atoms in total. The molecule has 1 aliphatic heterocycles. The summed E-state index contributed by atoms with van der Waals surface area (Å²) in [7, 11) is 0. The fourth-order valence-electron chi connectivity index (χ4n) is 3.65. The minimum absolute atomic E-state index is 0.0432. The second-order valence-corrected chi connectivity index (χ2v) is 7.50. The Hall–Kier alpha value is -3.74. The van der Waals surface area contributed by atoms with Crippen molar-refractivity contribution in [1.82, 2.24) is 24.6 Å². The molecule has 0 aliphatic carbocycles. The molecule has 0 unspecified atom stereocenters. The first kappa shape index (κ1) is 18.3. The maximum atomic E-state index is 13.0. The molecule has 0 atom stereocenters. The Bertz CT molecular complexity index is 1180. The monoisotopic (exact) mass is 399 g/mol. The van der Waals surface area contributed by atoms with Gasteiger partial charge in [-0.1, -0.05) is 60.2 Å². The van der Waals surface area contributed by atoms with Crippen LogP contribution in [0.3, 0.4) is 0 Å². The van der Waals surface area contributed by atoms with Crippen LogP contribution >= 0.6 is 0 Å². The van der Waals surface area contributed by atoms with Gasteiger partial charge in [-0.05, 0) is 6.92 Å². The lowest BCUT2D eigenvalue weighted by Crippen LogP contribution is -2.30. The Morgan fingerprint density at radius 1 is 0.967 bits per heavy atom. The lowest BCUT2D eigenvalue weighted by atomic mass is 10.1. The van der Waals surface area contributed by atoms with E-state index in [9.17, 15) is 4.79 Å². The molecule has 1 aliphatic rings. The molecular formula is C23H21N5O2. The third kappa shape index (κ3) is 3.39. The van der Waals surface area contributed by atoms with E-state index in [0.29, 0.717) is 30.6 Å². The summed E-state index contributed by atoms with van der Waals surface area (Å²) in [6, 6.07) is 17.9. The number of fused-ring (bicyclic) bond motifs is 1. The first-order valence-corrected chi connectivity index (χ1v) is 9.87. The second-order valence-electron chi connectivity index (χ2n) is 7.50. The lowest BCUT2D eigenvalue weighted by molar-refractivity contribution is -0.132. The highest BCUT2D eigenvalue weighted by molar-refractivity contribution is 5.77. The lowest BCUT2D eigenvalue weighted by Gasteiger charge is -2.15. The summed E-state index contributed by atoms with van der Waals surface area (Å²) in [5.74, 6) is 2.63. The fourth-order valence-corrected chi connectivity index (χ4v) is 3.65. The first-order chi connectivity index (χ1) is 14.6. The van der Waals surface area contributed by atoms with Gasteiger partial charge in [0.2, 0.25) is 5.91 Å². The summed E-state index contributed by atoms with van der Waals surface area (Å²) in [5, 5.41) is 4.67. The van der Waals surface area contributed by atoms with Crippen LogP contribution in [0.15, 0.2) is 59.0 Å². The number of amides is 1. The predicted molar refractivity (Wildman–Crippen MR) is 111 cm³/mol. The smallest absolute Gasteiger partial charge is 0.245 e. The van der Waals surface area contributed by atoms with E-state index in [1.165, 1.54) is 5.56 Å². The molecule has 0 N–H and O–H groups in total. The number of hydrogen-bond donors (Lipinski definition) is 0. The van der Waals surface area contributed by atoms with Gasteiger partial charge < -0.3 is 9.32 Å². The number of carbonyl (C=O) groups is 1. The standard InChI is InChI=1S/C23H21N5O2/c1-15-8-10-17(11-9-15)22-25-23(18-6-4-3-5-7-18)28(26-22)14-21(29)27-12-19-20(13-27)30-16(2)24-19/h3-11H,12-14H2,1-2H3. The predicted octanol–water partition coefficient (Wildman–Crippen LogP) is 3.76. The van der Waals surface area contributed by atoms with Gasteiger partial charge >= 0.3 is 0 Å². The molecule has 30 heavy (non-hydrogen) atoms. The zero-order valence-electron chi connectivity index (χ0n) is 16.9. The SMILES string of the molecule is Cc1ccc(-c2nc(-c3ccccc3)n(CC(=O)N3Cc4nc(C)oc4C3)n2)cc1. The van der Waals surface area contributed by atoms with Crippen LogP contribution in [-0.4, -0.2) is 30.6 Å². The van der Waals surface area contributed by atoms with Crippen LogP contribution < -0.4 is 0 Å². The van der Waals surface area contributed by atoms with Gasteiger partial charge in [0.15, 0.2) is 17.5 Å². The number of nitrogens with zero attached hydrogens (tertiary/aromatic N) is 5. The molecule has 1 amide bonds. The molecule has 150 valence electrons. The summed E-state index contributed by atoms with van der Waals surface area (Å²) in [6.45, 7) is 4.87. The van der Waals surface area contributed by atoms with Crippen molar-refractivity contribution in [3.05, 3.63) is 77.5 Å². The van der Waals surface area contributed by atoms with Gasteiger partial charge in [-0.2, -0.15) is 0 Å². The zero-order chi connectivity index (χ0) is 20.7. The first-order valence-electron chi connectivity index (χ1n) is 9.87. The minimum atomic E-state index is -0.0432. The topological polar surface area (TPSA) is 77.0 Å². The average molecular weight is 399 g/mol. The Morgan fingerprint density at radius 2 is 1.73 bits per heavy atom. The molecule has 3 heterocycles. The highest BCUT2D eigenvalue weighted by atomic mass is 16.4. The van der Waals surface area contributed by atoms with Crippen LogP contribution in [0.2, 0.25) is 0 Å². The number of rotatable bonds is 4. The molecule has 0 spiro atoms. The Morgan fingerprint density at radius 3 is 2.47 bits per heavy atom. The van der Waals surface area contributed by atoms with Gasteiger partial charge in [-0.15, -0.1) is 5.10 Å². The van der Waals surface area contributed by atoms with Crippen LogP contribution in [0.5, 0.6) is 0 Å². The van der Waals surface area contributed by atoms with Crippen LogP contribution in [0.25, 0.3) is 22.8 Å². The second kappa shape index (κ2) is 7.26. The highest BCUT2D eigenvalue weighted by Gasteiger charge is 2.29. The highest BCUT2D eigenvalue weighted by Crippen LogP contribution is 2.25. The van der Waals surface area contributed by atoms with Gasteiger partial charge in [0.1, 0.15) is 18.0 Å². The quantitative estimate of drug-likeness (QED) is 0.522. The normalized spacial score (nSPS) is 12.9. The maximum absolute atomic E-state index is 13.0. The Balaban J connectivity index is 1.45. The summed E-state index contributed by atoms with van der Waals surface area (Å²) in [4.78, 5) is 23.8. The Labute approximate surface area is 174 Å². The largest absolute Gasteiger partial charge is 0.444 e. The average Bonchev–Trinajstić information content (AvgIpc) is 3.42. The molecular weight excluding hydrogens is 378 g/mol. The third-order valence-corrected chi connectivity index (χ3v) is 5.21. The van der Waals surface area contributed by atoms with E-state index in [1.54, 1.807) is 9.58 Å². The Kier molecular flexibility index (Phi) is 4.43. The van der Waals surface area contributed by atoms with E-state index in [-0.39, 0.29) is 12.5 Å². The van der Waals surface area contributed by atoms with Crippen LogP contribution in [-0.2, 0) is 24.4 Å². The number of aromatic nitrogens is 4. The number of aryl methyl sites for hydroxylation is 2. The summed E-state index contributed by atoms with van der Waals surface area (Å²) in [5.41, 5.74) is 3.85. The van der Waals surface area contributed by atoms with Gasteiger partial charge in [0.05, 0.1) is 13.1 Å². The van der Waals surface area contributed by atoms with E-state index in [0.717, 1.165) is 22.6 Å². The van der Waals surface area contributed by atoms with E-state index in [1.807, 2.05) is 68.4 Å². The number of carbonyl (C=O) groups excluding carboxylic acids is 1. The van der Waals surface area contributed by atoms with Gasteiger partial charge in [-0.3, -0.25) is 4.79 Å². The van der Waals surface area contributed by atoms with Crippen molar-refractivity contribution in [2.45, 2.75) is 33.5 Å². The molecule has 0 saturated heterocycles. The van der Waals surface area contributed by atoms with E-state index in [4.69, 9.17) is 9.40 Å². The van der Waals surface area contributed by atoms with Crippen LogP contribution in [0, 0.1) is 13.8 Å². The number of hydrogen-bond acceptors (Lipinski definition) is 5. The van der Waals surface area contributed by atoms with Crippen molar-refractivity contribution in [3.8, 4) is 22.8 Å². The third-order valence-electron chi connectivity index (χ3n) is 5.21. The van der Waals surface area contributed by atoms with Crippen molar-refractivity contribution < 1.29 is 9.21 Å². The minimum Gasteiger partial charge on any atom is -0.444 e. The van der Waals surface area contributed by atoms with Crippen molar-refractivity contribution in [2.75, 3.05) is 0 Å². The van der Waals surface area contributed by atoms with Crippen molar-refractivity contribution in [1.29, 1.82) is 0 Å². The fraction of sp³-hybridized carbons (Fsp3) is 0.217. The van der Waals surface area contributed by atoms with E-state index < -0.39 is 0 Å². The number of benzene rings is 2. The van der Waals surface area contributed by atoms with Gasteiger partial charge in [0, 0.05) is 18.1 Å². The van der Waals surface area contributed by atoms with Crippen LogP contribution in [0.1, 0.15) is 22.9 Å². The zero-order valence-corrected chi connectivity index (χ0v) is 16.9. The van der Waals surface area contributed by atoms with E-state index in [2.05, 4.69) is 10.1 Å². The molecule has 0 fully saturated rings. The molecule has 7 heteroatoms. The summed E-state index contributed by atoms with van der Waals surface area (Å²) < 4.78 is 7.27. The van der Waals surface area contributed by atoms with Crippen molar-refractivity contribution >= 4 is 5.91 Å². The molecule has 0 bridgehead atoms.